The van der Waals surface area contributed by atoms with Crippen LogP contribution in [-0.4, -0.2) is 14.4 Å². The average Bonchev–Trinajstić information content (AvgIpc) is 1.65. The van der Waals surface area contributed by atoms with Crippen molar-refractivity contribution in [2.75, 3.05) is 6.54 Å². The molecule has 0 saturated carbocycles. The Morgan fingerprint density at radius 1 is 1.57 bits per heavy atom. The van der Waals surface area contributed by atoms with E-state index in [1.807, 2.05) is 13.8 Å². The van der Waals surface area contributed by atoms with Crippen molar-refractivity contribution in [3.05, 3.63) is 11.0 Å². The van der Waals surface area contributed by atoms with E-state index >= 15 is 0 Å². The third-order valence-electron chi connectivity index (χ3n) is 0.862. The lowest BCUT2D eigenvalue weighted by atomic mass is 9.92. The van der Waals surface area contributed by atoms with Crippen LogP contribution in [0.4, 0.5) is 0 Å². The maximum Gasteiger partial charge on any atom is 0.109 e. The first-order valence-corrected chi connectivity index (χ1v) is 2.30. The Hall–Kier alpha value is -0.235. The third-order valence-corrected chi connectivity index (χ3v) is 0.862. The summed E-state index contributed by atoms with van der Waals surface area (Å²) in [5, 5.41) is 0. The van der Waals surface area contributed by atoms with Crippen LogP contribution in [0.1, 0.15) is 13.8 Å². The first kappa shape index (κ1) is 6.76. The molecule has 0 bridgehead atoms. The highest BCUT2D eigenvalue weighted by Gasteiger charge is 1.82. The van der Waals surface area contributed by atoms with E-state index in [9.17, 15) is 0 Å². The summed E-state index contributed by atoms with van der Waals surface area (Å²) in [5.74, 6) is 0. The van der Waals surface area contributed by atoms with E-state index in [-0.39, 0.29) is 0 Å². The quantitative estimate of drug-likeness (QED) is 0.469. The van der Waals surface area contributed by atoms with Gasteiger partial charge in [-0.25, -0.2) is 0 Å². The first-order valence-electron chi connectivity index (χ1n) is 2.30. The molecule has 2 radical (unpaired) electrons. The molecule has 0 fully saturated rings. The minimum Gasteiger partial charge on any atom is -0.328 e. The molecule has 0 rings (SSSR count). The molecular weight excluding hydrogens is 84.9 g/mol. The number of allylic oxidation sites excluding steroid dienone is 1. The maximum atomic E-state index is 5.37. The third kappa shape index (κ3) is 2.46. The molecule has 0 aliphatic heterocycles. The van der Waals surface area contributed by atoms with Crippen LogP contribution in [0.25, 0.3) is 0 Å². The van der Waals surface area contributed by atoms with Crippen molar-refractivity contribution < 1.29 is 0 Å². The molecule has 0 aromatic heterocycles. The number of hydrogen-bond donors (Lipinski definition) is 1. The molecule has 0 atom stereocenters. The molecular formula is C5H10BN. The summed E-state index contributed by atoms with van der Waals surface area (Å²) in [6.07, 6.45) is 0. The first-order chi connectivity index (χ1) is 3.18. The van der Waals surface area contributed by atoms with Crippen LogP contribution in [0.5, 0.6) is 0 Å². The normalized spacial score (nSPS) is 8.43. The lowest BCUT2D eigenvalue weighted by Crippen LogP contribution is -2.03. The summed E-state index contributed by atoms with van der Waals surface area (Å²) < 4.78 is 0. The number of nitrogens with two attached hydrogens (primary N) is 1. The minimum atomic E-state index is 0.475. The van der Waals surface area contributed by atoms with Gasteiger partial charge >= 0.3 is 0 Å². The van der Waals surface area contributed by atoms with Crippen LogP contribution in [0, 0.1) is 0 Å². The second-order valence-electron chi connectivity index (χ2n) is 1.73. The Kier molecular flexibility index (Phi) is 2.76. The molecule has 2 heteroatoms. The fourth-order valence-corrected chi connectivity index (χ4v) is 0.204. The molecule has 0 aliphatic rings. The van der Waals surface area contributed by atoms with Crippen LogP contribution < -0.4 is 5.73 Å². The molecule has 0 heterocycles. The van der Waals surface area contributed by atoms with Gasteiger partial charge in [0.25, 0.3) is 0 Å². The Labute approximate surface area is 46.0 Å². The Morgan fingerprint density at radius 2 is 2.00 bits per heavy atom. The molecule has 0 spiro atoms. The summed E-state index contributed by atoms with van der Waals surface area (Å²) in [7, 11) is 5.37. The largest absolute Gasteiger partial charge is 0.328 e. The van der Waals surface area contributed by atoms with Gasteiger partial charge in [0.2, 0.25) is 0 Å². The molecule has 0 aliphatic carbocycles. The van der Waals surface area contributed by atoms with Crippen LogP contribution in [0.3, 0.4) is 0 Å². The van der Waals surface area contributed by atoms with Gasteiger partial charge in [-0.05, 0) is 13.8 Å². The van der Waals surface area contributed by atoms with Gasteiger partial charge in [0.05, 0.1) is 0 Å². The van der Waals surface area contributed by atoms with Crippen molar-refractivity contribution in [2.45, 2.75) is 13.8 Å². The highest BCUT2D eigenvalue weighted by molar-refractivity contribution is 6.22. The van der Waals surface area contributed by atoms with Gasteiger partial charge in [-0.2, -0.15) is 0 Å². The Balaban J connectivity index is 3.72. The zero-order chi connectivity index (χ0) is 5.86. The fraction of sp³-hybridized carbons (Fsp3) is 0.600. The standard InChI is InChI=1S/C5H10BN/c1-4(2)5(6)3-7/h3,7H2,1-2H3. The number of rotatable bonds is 1. The van der Waals surface area contributed by atoms with Gasteiger partial charge in [-0.15, -0.1) is 5.47 Å². The summed E-state index contributed by atoms with van der Waals surface area (Å²) in [6.45, 7) is 4.37. The zero-order valence-corrected chi connectivity index (χ0v) is 4.86. The molecule has 0 unspecified atom stereocenters. The van der Waals surface area contributed by atoms with Crippen molar-refractivity contribution in [3.8, 4) is 0 Å². The van der Waals surface area contributed by atoms with E-state index in [0.717, 1.165) is 11.0 Å². The number of hydrogen-bond acceptors (Lipinski definition) is 1. The van der Waals surface area contributed by atoms with Gasteiger partial charge in [0.15, 0.2) is 0 Å². The molecule has 1 nitrogen and oxygen atoms in total. The van der Waals surface area contributed by atoms with Crippen LogP contribution >= 0.6 is 0 Å². The van der Waals surface area contributed by atoms with Crippen LogP contribution in [0.15, 0.2) is 11.0 Å². The van der Waals surface area contributed by atoms with Gasteiger partial charge in [0, 0.05) is 6.54 Å². The lowest BCUT2D eigenvalue weighted by molar-refractivity contribution is 1.18. The molecule has 0 aromatic carbocycles. The van der Waals surface area contributed by atoms with Gasteiger partial charge in [0.1, 0.15) is 7.85 Å². The van der Waals surface area contributed by atoms with Gasteiger partial charge < -0.3 is 5.73 Å². The van der Waals surface area contributed by atoms with E-state index < -0.39 is 0 Å². The maximum absolute atomic E-state index is 5.37. The molecule has 0 aromatic rings. The second kappa shape index (κ2) is 2.86. The van der Waals surface area contributed by atoms with E-state index in [1.54, 1.807) is 0 Å². The SMILES string of the molecule is [B]C(CN)=C(C)C. The van der Waals surface area contributed by atoms with Crippen LogP contribution in [0.2, 0.25) is 0 Å². The monoisotopic (exact) mass is 95.1 g/mol. The highest BCUT2D eigenvalue weighted by atomic mass is 14.5. The Morgan fingerprint density at radius 3 is 2.00 bits per heavy atom. The lowest BCUT2D eigenvalue weighted by Gasteiger charge is -1.95. The average molecular weight is 95.0 g/mol. The van der Waals surface area contributed by atoms with E-state index in [4.69, 9.17) is 13.6 Å². The van der Waals surface area contributed by atoms with Crippen molar-refractivity contribution in [1.82, 2.24) is 0 Å². The van der Waals surface area contributed by atoms with Crippen molar-refractivity contribution in [3.63, 3.8) is 0 Å². The summed E-state index contributed by atoms with van der Waals surface area (Å²) in [5.41, 5.74) is 7.10. The summed E-state index contributed by atoms with van der Waals surface area (Å²) >= 11 is 0. The van der Waals surface area contributed by atoms with E-state index in [0.29, 0.717) is 6.54 Å². The molecule has 7 heavy (non-hydrogen) atoms. The predicted octanol–water partition coefficient (Wildman–Crippen LogP) is 0.407. The Bertz CT molecular complexity index is 82.1. The summed E-state index contributed by atoms with van der Waals surface area (Å²) in [4.78, 5) is 0. The molecule has 2 N–H and O–H groups in total. The van der Waals surface area contributed by atoms with Gasteiger partial charge in [-0.1, -0.05) is 5.57 Å². The second-order valence-corrected chi connectivity index (χ2v) is 1.73. The molecule has 0 amide bonds. The smallest absolute Gasteiger partial charge is 0.109 e. The highest BCUT2D eigenvalue weighted by Crippen LogP contribution is 1.93. The van der Waals surface area contributed by atoms with Crippen molar-refractivity contribution >= 4 is 7.85 Å². The molecule has 38 valence electrons. The van der Waals surface area contributed by atoms with Crippen molar-refractivity contribution in [2.24, 2.45) is 5.73 Å². The summed E-state index contributed by atoms with van der Waals surface area (Å²) in [6, 6.07) is 0. The predicted molar refractivity (Wildman–Crippen MR) is 33.2 cm³/mol. The van der Waals surface area contributed by atoms with E-state index in [2.05, 4.69) is 0 Å². The minimum absolute atomic E-state index is 0.475. The van der Waals surface area contributed by atoms with Gasteiger partial charge in [-0.3, -0.25) is 0 Å². The topological polar surface area (TPSA) is 26.0 Å². The fourth-order valence-electron chi connectivity index (χ4n) is 0.204. The van der Waals surface area contributed by atoms with E-state index in [1.165, 1.54) is 0 Å². The zero-order valence-electron chi connectivity index (χ0n) is 4.86. The van der Waals surface area contributed by atoms with Crippen LogP contribution in [-0.2, 0) is 0 Å². The molecule has 0 saturated heterocycles. The van der Waals surface area contributed by atoms with Crippen molar-refractivity contribution in [1.29, 1.82) is 0 Å².